The Bertz CT molecular complexity index is 1160. The molecule has 0 aliphatic rings. The van der Waals surface area contributed by atoms with Gasteiger partial charge in [0.15, 0.2) is 0 Å². The normalized spacial score (nSPS) is 11.5. The first-order chi connectivity index (χ1) is 12.7. The van der Waals surface area contributed by atoms with Gasteiger partial charge in [0.25, 0.3) is 0 Å². The van der Waals surface area contributed by atoms with Crippen molar-refractivity contribution in [3.63, 3.8) is 0 Å². The molecule has 0 saturated heterocycles. The molecule has 2 nitrogen and oxygen atoms in total. The number of hydrogen-bond acceptors (Lipinski definition) is 0. The van der Waals surface area contributed by atoms with Gasteiger partial charge in [0.1, 0.15) is 0 Å². The summed E-state index contributed by atoms with van der Waals surface area (Å²) in [5.74, 6) is 0. The Hall–Kier alpha value is -2.30. The minimum Gasteiger partial charge on any atom is -0.302 e. The number of para-hydroxylation sites is 4. The SMILES string of the molecule is Brc1cc2ccccc2n1-c1ccccc1-n1c(Br)cc2ccccc21. The molecular weight excluding hydrogens is 452 g/mol. The third-order valence-electron chi connectivity index (χ3n) is 4.70. The largest absolute Gasteiger partial charge is 0.302 e. The van der Waals surface area contributed by atoms with Crippen molar-refractivity contribution in [2.24, 2.45) is 0 Å². The molecule has 5 aromatic rings. The van der Waals surface area contributed by atoms with Gasteiger partial charge in [0.2, 0.25) is 0 Å². The molecule has 2 aromatic heterocycles. The third kappa shape index (κ3) is 2.37. The molecule has 26 heavy (non-hydrogen) atoms. The number of hydrogen-bond donors (Lipinski definition) is 0. The van der Waals surface area contributed by atoms with Gasteiger partial charge in [-0.3, -0.25) is 0 Å². The minimum absolute atomic E-state index is 1.04. The molecule has 0 fully saturated rings. The van der Waals surface area contributed by atoms with Crippen molar-refractivity contribution >= 4 is 53.7 Å². The van der Waals surface area contributed by atoms with Crippen LogP contribution in [-0.4, -0.2) is 9.13 Å². The highest BCUT2D eigenvalue weighted by Crippen LogP contribution is 2.34. The maximum atomic E-state index is 3.75. The van der Waals surface area contributed by atoms with Crippen LogP contribution in [0.5, 0.6) is 0 Å². The van der Waals surface area contributed by atoms with Gasteiger partial charge in [-0.25, -0.2) is 0 Å². The average Bonchev–Trinajstić information content (AvgIpc) is 3.17. The van der Waals surface area contributed by atoms with Gasteiger partial charge in [-0.1, -0.05) is 48.5 Å². The van der Waals surface area contributed by atoms with Crippen molar-refractivity contribution in [2.75, 3.05) is 0 Å². The molecule has 0 radical (unpaired) electrons. The van der Waals surface area contributed by atoms with Gasteiger partial charge in [-0.15, -0.1) is 0 Å². The van der Waals surface area contributed by atoms with Crippen molar-refractivity contribution in [1.82, 2.24) is 9.13 Å². The van der Waals surface area contributed by atoms with Crippen LogP contribution in [0.4, 0.5) is 0 Å². The minimum atomic E-state index is 1.04. The number of benzene rings is 3. The van der Waals surface area contributed by atoms with Crippen LogP contribution in [0, 0.1) is 0 Å². The monoisotopic (exact) mass is 464 g/mol. The van der Waals surface area contributed by atoms with Gasteiger partial charge in [-0.2, -0.15) is 0 Å². The Morgan fingerprint density at radius 1 is 0.500 bits per heavy atom. The van der Waals surface area contributed by atoms with E-state index in [0.717, 1.165) is 20.6 Å². The van der Waals surface area contributed by atoms with Crippen LogP contribution in [0.1, 0.15) is 0 Å². The maximum absolute atomic E-state index is 3.75. The van der Waals surface area contributed by atoms with Crippen LogP contribution in [-0.2, 0) is 0 Å². The fourth-order valence-electron chi connectivity index (χ4n) is 3.57. The highest BCUT2D eigenvalue weighted by Gasteiger charge is 2.16. The molecule has 0 spiro atoms. The van der Waals surface area contributed by atoms with Crippen molar-refractivity contribution in [1.29, 1.82) is 0 Å². The highest BCUT2D eigenvalue weighted by atomic mass is 79.9. The molecule has 0 amide bonds. The lowest BCUT2D eigenvalue weighted by Crippen LogP contribution is -2.03. The number of halogens is 2. The van der Waals surface area contributed by atoms with E-state index in [4.69, 9.17) is 0 Å². The van der Waals surface area contributed by atoms with E-state index in [0.29, 0.717) is 0 Å². The van der Waals surface area contributed by atoms with Gasteiger partial charge < -0.3 is 9.13 Å². The first-order valence-electron chi connectivity index (χ1n) is 8.36. The summed E-state index contributed by atoms with van der Waals surface area (Å²) >= 11 is 7.51. The van der Waals surface area contributed by atoms with E-state index >= 15 is 0 Å². The summed E-state index contributed by atoms with van der Waals surface area (Å²) < 4.78 is 6.59. The summed E-state index contributed by atoms with van der Waals surface area (Å²) in [6.45, 7) is 0. The van der Waals surface area contributed by atoms with Crippen LogP contribution < -0.4 is 0 Å². The van der Waals surface area contributed by atoms with Crippen LogP contribution in [0.2, 0.25) is 0 Å². The summed E-state index contributed by atoms with van der Waals surface area (Å²) in [5, 5.41) is 2.43. The fraction of sp³-hybridized carbons (Fsp3) is 0. The lowest BCUT2D eigenvalue weighted by molar-refractivity contribution is 1.02. The molecule has 3 aromatic carbocycles. The van der Waals surface area contributed by atoms with Gasteiger partial charge in [0.05, 0.1) is 31.6 Å². The van der Waals surface area contributed by atoms with Gasteiger partial charge in [0, 0.05) is 10.8 Å². The van der Waals surface area contributed by atoms with Crippen molar-refractivity contribution in [3.05, 3.63) is 94.1 Å². The molecule has 2 heterocycles. The zero-order valence-electron chi connectivity index (χ0n) is 13.7. The molecule has 0 bridgehead atoms. The number of fused-ring (bicyclic) bond motifs is 2. The Kier molecular flexibility index (Phi) is 3.76. The molecule has 0 atom stereocenters. The lowest BCUT2D eigenvalue weighted by atomic mass is 10.2. The van der Waals surface area contributed by atoms with E-state index in [2.05, 4.69) is 126 Å². The smallest absolute Gasteiger partial charge is 0.0904 e. The topological polar surface area (TPSA) is 9.86 Å². The summed E-state index contributed by atoms with van der Waals surface area (Å²) in [5.41, 5.74) is 4.61. The van der Waals surface area contributed by atoms with E-state index < -0.39 is 0 Å². The Morgan fingerprint density at radius 3 is 1.35 bits per heavy atom. The zero-order valence-corrected chi connectivity index (χ0v) is 16.9. The van der Waals surface area contributed by atoms with E-state index in [-0.39, 0.29) is 0 Å². The van der Waals surface area contributed by atoms with Crippen LogP contribution in [0.3, 0.4) is 0 Å². The van der Waals surface area contributed by atoms with Gasteiger partial charge >= 0.3 is 0 Å². The van der Waals surface area contributed by atoms with Crippen LogP contribution in [0.15, 0.2) is 94.1 Å². The maximum Gasteiger partial charge on any atom is 0.0904 e. The molecule has 0 saturated carbocycles. The first-order valence-corrected chi connectivity index (χ1v) is 9.94. The summed E-state index contributed by atoms with van der Waals surface area (Å²) in [7, 11) is 0. The predicted molar refractivity (Wildman–Crippen MR) is 116 cm³/mol. The summed E-state index contributed by atoms with van der Waals surface area (Å²) in [6.07, 6.45) is 0. The number of rotatable bonds is 2. The Labute approximate surface area is 167 Å². The van der Waals surface area contributed by atoms with Crippen molar-refractivity contribution < 1.29 is 0 Å². The quantitative estimate of drug-likeness (QED) is 0.263. The van der Waals surface area contributed by atoms with Gasteiger partial charge in [-0.05, 0) is 68.3 Å². The molecule has 0 aliphatic heterocycles. The molecule has 0 unspecified atom stereocenters. The molecule has 126 valence electrons. The number of nitrogens with zero attached hydrogens (tertiary/aromatic N) is 2. The van der Waals surface area contributed by atoms with E-state index in [1.165, 1.54) is 21.8 Å². The lowest BCUT2D eigenvalue weighted by Gasteiger charge is -2.16. The molecule has 5 rings (SSSR count). The first kappa shape index (κ1) is 15.9. The van der Waals surface area contributed by atoms with Crippen LogP contribution in [0.25, 0.3) is 33.2 Å². The molecular formula is C22H14Br2N2. The van der Waals surface area contributed by atoms with E-state index in [9.17, 15) is 0 Å². The van der Waals surface area contributed by atoms with Crippen molar-refractivity contribution in [3.8, 4) is 11.4 Å². The second-order valence-electron chi connectivity index (χ2n) is 6.21. The van der Waals surface area contributed by atoms with E-state index in [1.54, 1.807) is 0 Å². The van der Waals surface area contributed by atoms with Crippen molar-refractivity contribution in [2.45, 2.75) is 0 Å². The predicted octanol–water partition coefficient (Wildman–Crippen LogP) is 7.10. The zero-order chi connectivity index (χ0) is 17.7. The second-order valence-corrected chi connectivity index (χ2v) is 7.84. The van der Waals surface area contributed by atoms with Crippen LogP contribution >= 0.6 is 31.9 Å². The average molecular weight is 466 g/mol. The second kappa shape index (κ2) is 6.15. The Balaban J connectivity index is 1.86. The Morgan fingerprint density at radius 2 is 0.885 bits per heavy atom. The molecule has 0 N–H and O–H groups in total. The third-order valence-corrected chi connectivity index (χ3v) is 5.86. The molecule has 0 aliphatic carbocycles. The summed E-state index contributed by atoms with van der Waals surface area (Å²) in [4.78, 5) is 0. The fourth-order valence-corrected chi connectivity index (χ4v) is 4.83. The molecule has 4 heteroatoms. The van der Waals surface area contributed by atoms with E-state index in [1.807, 2.05) is 0 Å². The highest BCUT2D eigenvalue weighted by molar-refractivity contribution is 9.10. The standard InChI is InChI=1S/C22H14Br2N2/c23-21-13-15-7-1-3-9-17(15)25(21)19-11-5-6-12-20(19)26-18-10-4-2-8-16(18)14-22(26)24/h1-14H. The number of aromatic nitrogens is 2. The summed E-state index contributed by atoms with van der Waals surface area (Å²) in [6, 6.07) is 29.7.